The van der Waals surface area contributed by atoms with Crippen LogP contribution >= 0.6 is 0 Å². The van der Waals surface area contributed by atoms with E-state index in [9.17, 15) is 5.11 Å². The fourth-order valence-corrected chi connectivity index (χ4v) is 5.11. The van der Waals surface area contributed by atoms with Gasteiger partial charge in [-0.25, -0.2) is 0 Å². The molecule has 1 nitrogen and oxygen atoms in total. The van der Waals surface area contributed by atoms with Crippen LogP contribution in [0.15, 0.2) is 66.2 Å². The lowest BCUT2D eigenvalue weighted by Gasteiger charge is -2.36. The van der Waals surface area contributed by atoms with E-state index in [2.05, 4.69) is 81.4 Å². The molecule has 124 valence electrons. The predicted octanol–water partition coefficient (Wildman–Crippen LogP) is 5.31. The van der Waals surface area contributed by atoms with Gasteiger partial charge in [-0.1, -0.05) is 81.4 Å². The summed E-state index contributed by atoms with van der Waals surface area (Å²) in [4.78, 5) is 0. The fraction of sp³-hybridized carbons (Fsp3) is 0.391. The Hall–Kier alpha value is -1.86. The first-order valence-corrected chi connectivity index (χ1v) is 9.00. The lowest BCUT2D eigenvalue weighted by Crippen LogP contribution is -2.35. The monoisotopic (exact) mass is 318 g/mol. The third-order valence-electron chi connectivity index (χ3n) is 6.98. The summed E-state index contributed by atoms with van der Waals surface area (Å²) >= 11 is 0. The standard InChI is InChI=1S/C23H26O/c1-22(2)18-14-15-23(22,3)21(24)20(18)19(16-10-6-4-7-11-16)17-12-8-5-9-13-17/h4-13,18,21,24H,14-15H2,1-3H3. The van der Waals surface area contributed by atoms with Crippen molar-refractivity contribution < 1.29 is 5.11 Å². The van der Waals surface area contributed by atoms with Gasteiger partial charge in [0.05, 0.1) is 6.10 Å². The maximum Gasteiger partial charge on any atom is 0.0821 e. The SMILES string of the molecule is CC1(C)C2CCC1(C)C(O)C2=C(c1ccccc1)c1ccccc1. The normalized spacial score (nSPS) is 30.6. The molecule has 1 heteroatoms. The van der Waals surface area contributed by atoms with Crippen LogP contribution in [0.5, 0.6) is 0 Å². The van der Waals surface area contributed by atoms with E-state index >= 15 is 0 Å². The largest absolute Gasteiger partial charge is 0.388 e. The van der Waals surface area contributed by atoms with Crippen LogP contribution in [0.25, 0.3) is 5.57 Å². The van der Waals surface area contributed by atoms with Crippen molar-refractivity contribution in [2.45, 2.75) is 39.7 Å². The van der Waals surface area contributed by atoms with Gasteiger partial charge in [0.25, 0.3) is 0 Å². The van der Waals surface area contributed by atoms with Crippen LogP contribution in [-0.4, -0.2) is 11.2 Å². The molecule has 2 aromatic carbocycles. The summed E-state index contributed by atoms with van der Waals surface area (Å²) in [7, 11) is 0. The Morgan fingerprint density at radius 1 is 0.875 bits per heavy atom. The molecule has 2 aromatic rings. The quantitative estimate of drug-likeness (QED) is 0.796. The van der Waals surface area contributed by atoms with Crippen LogP contribution in [0.3, 0.4) is 0 Å². The van der Waals surface area contributed by atoms with Gasteiger partial charge in [-0.2, -0.15) is 0 Å². The van der Waals surface area contributed by atoms with Crippen molar-refractivity contribution in [1.29, 1.82) is 0 Å². The van der Waals surface area contributed by atoms with Gasteiger partial charge in [0.1, 0.15) is 0 Å². The zero-order chi connectivity index (χ0) is 16.9. The highest BCUT2D eigenvalue weighted by atomic mass is 16.3. The van der Waals surface area contributed by atoms with E-state index in [1.54, 1.807) is 0 Å². The van der Waals surface area contributed by atoms with Crippen LogP contribution < -0.4 is 0 Å². The minimum atomic E-state index is -0.360. The van der Waals surface area contributed by atoms with Crippen LogP contribution in [0, 0.1) is 16.7 Å². The van der Waals surface area contributed by atoms with E-state index in [0.717, 1.165) is 6.42 Å². The van der Waals surface area contributed by atoms with E-state index < -0.39 is 0 Å². The van der Waals surface area contributed by atoms with Gasteiger partial charge in [-0.3, -0.25) is 0 Å². The molecule has 3 unspecified atom stereocenters. The van der Waals surface area contributed by atoms with Crippen molar-refractivity contribution in [1.82, 2.24) is 0 Å². The first-order chi connectivity index (χ1) is 11.5. The van der Waals surface area contributed by atoms with Gasteiger partial charge in [0, 0.05) is 5.41 Å². The Morgan fingerprint density at radius 2 is 1.38 bits per heavy atom. The second-order valence-electron chi connectivity index (χ2n) is 8.20. The third kappa shape index (κ3) is 1.97. The van der Waals surface area contributed by atoms with Crippen molar-refractivity contribution in [2.75, 3.05) is 0 Å². The molecule has 0 amide bonds. The average molecular weight is 318 g/mol. The van der Waals surface area contributed by atoms with Gasteiger partial charge in [-0.05, 0) is 46.4 Å². The Balaban J connectivity index is 2.00. The van der Waals surface area contributed by atoms with Crippen molar-refractivity contribution in [3.63, 3.8) is 0 Å². The molecule has 0 heterocycles. The number of rotatable bonds is 2. The third-order valence-corrected chi connectivity index (χ3v) is 6.98. The second-order valence-corrected chi connectivity index (χ2v) is 8.20. The molecule has 0 spiro atoms. The molecule has 1 N–H and O–H groups in total. The highest BCUT2D eigenvalue weighted by Gasteiger charge is 2.64. The summed E-state index contributed by atoms with van der Waals surface area (Å²) in [5, 5.41) is 11.3. The van der Waals surface area contributed by atoms with Crippen molar-refractivity contribution in [3.05, 3.63) is 77.4 Å². The average Bonchev–Trinajstić information content (AvgIpc) is 2.91. The van der Waals surface area contributed by atoms with Crippen LogP contribution in [0.2, 0.25) is 0 Å². The van der Waals surface area contributed by atoms with Gasteiger partial charge >= 0.3 is 0 Å². The number of aliphatic hydroxyl groups is 1. The van der Waals surface area contributed by atoms with Crippen molar-refractivity contribution in [3.8, 4) is 0 Å². The molecule has 2 saturated carbocycles. The Kier molecular flexibility index (Phi) is 3.47. The van der Waals surface area contributed by atoms with Gasteiger partial charge < -0.3 is 5.11 Å². The molecule has 24 heavy (non-hydrogen) atoms. The lowest BCUT2D eigenvalue weighted by atomic mass is 9.70. The number of benzene rings is 2. The number of fused-ring (bicyclic) bond motifs is 2. The molecule has 2 aliphatic carbocycles. The van der Waals surface area contributed by atoms with Crippen molar-refractivity contribution in [2.24, 2.45) is 16.7 Å². The summed E-state index contributed by atoms with van der Waals surface area (Å²) in [6.45, 7) is 6.96. The Bertz CT molecular complexity index is 731. The highest BCUT2D eigenvalue weighted by Crippen LogP contribution is 2.68. The van der Waals surface area contributed by atoms with Gasteiger partial charge in [0.15, 0.2) is 0 Å². The molecule has 0 aromatic heterocycles. The van der Waals surface area contributed by atoms with Crippen molar-refractivity contribution >= 4 is 5.57 Å². The molecular weight excluding hydrogens is 292 g/mol. The van der Waals surface area contributed by atoms with Gasteiger partial charge in [-0.15, -0.1) is 0 Å². The fourth-order valence-electron chi connectivity index (χ4n) is 5.11. The molecule has 2 aliphatic rings. The molecule has 3 atom stereocenters. The maximum atomic E-state index is 11.3. The molecule has 0 radical (unpaired) electrons. The Labute approximate surface area is 145 Å². The summed E-state index contributed by atoms with van der Waals surface area (Å²) in [6.07, 6.45) is 1.94. The highest BCUT2D eigenvalue weighted by molar-refractivity contribution is 5.83. The molecule has 0 saturated heterocycles. The first kappa shape index (κ1) is 15.7. The summed E-state index contributed by atoms with van der Waals surface area (Å²) < 4.78 is 0. The Morgan fingerprint density at radius 3 is 1.79 bits per heavy atom. The van der Waals surface area contributed by atoms with E-state index in [1.807, 2.05) is 0 Å². The van der Waals surface area contributed by atoms with Crippen LogP contribution in [-0.2, 0) is 0 Å². The second kappa shape index (κ2) is 5.32. The maximum absolute atomic E-state index is 11.3. The number of hydrogen-bond donors (Lipinski definition) is 1. The van der Waals surface area contributed by atoms with E-state index in [4.69, 9.17) is 0 Å². The predicted molar refractivity (Wildman–Crippen MR) is 99.5 cm³/mol. The minimum absolute atomic E-state index is 0.0260. The molecule has 4 rings (SSSR count). The zero-order valence-corrected chi connectivity index (χ0v) is 14.8. The zero-order valence-electron chi connectivity index (χ0n) is 14.8. The smallest absolute Gasteiger partial charge is 0.0821 e. The molecule has 2 bridgehead atoms. The van der Waals surface area contributed by atoms with E-state index in [0.29, 0.717) is 5.92 Å². The summed E-state index contributed by atoms with van der Waals surface area (Å²) in [5.41, 5.74) is 5.03. The van der Waals surface area contributed by atoms with Crippen LogP contribution in [0.1, 0.15) is 44.7 Å². The molecule has 2 fully saturated rings. The number of aliphatic hydroxyl groups excluding tert-OH is 1. The lowest BCUT2D eigenvalue weighted by molar-refractivity contribution is 0.0263. The first-order valence-electron chi connectivity index (χ1n) is 9.00. The summed E-state index contributed by atoms with van der Waals surface area (Å²) in [6, 6.07) is 21.1. The molecular formula is C23H26O. The van der Waals surface area contributed by atoms with E-state index in [-0.39, 0.29) is 16.9 Å². The number of hydrogen-bond acceptors (Lipinski definition) is 1. The molecule has 0 aliphatic heterocycles. The van der Waals surface area contributed by atoms with Gasteiger partial charge in [0.2, 0.25) is 0 Å². The topological polar surface area (TPSA) is 20.2 Å². The van der Waals surface area contributed by atoms with E-state index in [1.165, 1.54) is 28.7 Å². The van der Waals surface area contributed by atoms with Crippen LogP contribution in [0.4, 0.5) is 0 Å². The minimum Gasteiger partial charge on any atom is -0.388 e. The summed E-state index contributed by atoms with van der Waals surface area (Å²) in [5.74, 6) is 0.452.